The minimum absolute atomic E-state index is 0.157. The molecule has 0 spiro atoms. The summed E-state index contributed by atoms with van der Waals surface area (Å²) in [5.41, 5.74) is 9.72. The van der Waals surface area contributed by atoms with Crippen LogP contribution in [0.1, 0.15) is 44.5 Å². The van der Waals surface area contributed by atoms with Gasteiger partial charge in [0.1, 0.15) is 0 Å². The van der Waals surface area contributed by atoms with Gasteiger partial charge in [0.15, 0.2) is 0 Å². The number of nitrogens with zero attached hydrogens (tertiary/aromatic N) is 2. The molecule has 2 N–H and O–H groups in total. The molecule has 108 valence electrons. The van der Waals surface area contributed by atoms with Crippen molar-refractivity contribution < 1.29 is 0 Å². The summed E-state index contributed by atoms with van der Waals surface area (Å²) in [6, 6.07) is 8.99. The van der Waals surface area contributed by atoms with E-state index in [2.05, 4.69) is 60.8 Å². The van der Waals surface area contributed by atoms with E-state index in [9.17, 15) is 0 Å². The first kappa shape index (κ1) is 14.8. The van der Waals surface area contributed by atoms with Gasteiger partial charge in [0.25, 0.3) is 0 Å². The lowest BCUT2D eigenvalue weighted by Gasteiger charge is -2.19. The van der Waals surface area contributed by atoms with E-state index < -0.39 is 0 Å². The van der Waals surface area contributed by atoms with E-state index in [0.29, 0.717) is 0 Å². The molecule has 0 radical (unpaired) electrons. The second kappa shape index (κ2) is 5.80. The number of aromatic nitrogens is 2. The number of rotatable bonds is 4. The third-order valence-corrected chi connectivity index (χ3v) is 3.40. The zero-order valence-corrected chi connectivity index (χ0v) is 12.9. The summed E-state index contributed by atoms with van der Waals surface area (Å²) in [4.78, 5) is 4.39. The van der Waals surface area contributed by atoms with E-state index in [-0.39, 0.29) is 11.5 Å². The van der Waals surface area contributed by atoms with Crippen LogP contribution in [0.15, 0.2) is 36.8 Å². The van der Waals surface area contributed by atoms with Crippen LogP contribution in [0.25, 0.3) is 0 Å². The number of benzene rings is 1. The Bertz CT molecular complexity index is 544. The summed E-state index contributed by atoms with van der Waals surface area (Å²) >= 11 is 0. The van der Waals surface area contributed by atoms with Crippen LogP contribution in [0.3, 0.4) is 0 Å². The molecule has 1 atom stereocenters. The number of imidazole rings is 1. The topological polar surface area (TPSA) is 43.8 Å². The smallest absolute Gasteiger partial charge is 0.0952 e. The molecule has 1 aromatic carbocycles. The van der Waals surface area contributed by atoms with Gasteiger partial charge in [-0.1, -0.05) is 45.0 Å². The summed E-state index contributed by atoms with van der Waals surface area (Å²) in [7, 11) is 0. The Morgan fingerprint density at radius 2 is 1.85 bits per heavy atom. The average Bonchev–Trinajstić information content (AvgIpc) is 2.75. The highest BCUT2D eigenvalue weighted by Crippen LogP contribution is 2.22. The Morgan fingerprint density at radius 3 is 2.40 bits per heavy atom. The van der Waals surface area contributed by atoms with Gasteiger partial charge in [0, 0.05) is 25.2 Å². The molecule has 0 amide bonds. The quantitative estimate of drug-likeness (QED) is 0.928. The largest absolute Gasteiger partial charge is 0.333 e. The molecular formula is C17H25N3. The minimum atomic E-state index is 0.157. The van der Waals surface area contributed by atoms with Gasteiger partial charge in [-0.05, 0) is 23.5 Å². The van der Waals surface area contributed by atoms with Gasteiger partial charge in [0.2, 0.25) is 0 Å². The Morgan fingerprint density at radius 1 is 1.20 bits per heavy atom. The molecule has 1 unspecified atom stereocenters. The molecule has 0 aliphatic carbocycles. The normalized spacial score (nSPS) is 13.4. The molecule has 0 saturated carbocycles. The van der Waals surface area contributed by atoms with Gasteiger partial charge < -0.3 is 10.3 Å². The highest BCUT2D eigenvalue weighted by atomic mass is 15.0. The molecule has 0 saturated heterocycles. The maximum Gasteiger partial charge on any atom is 0.0952 e. The van der Waals surface area contributed by atoms with Crippen LogP contribution in [0.5, 0.6) is 0 Å². The molecule has 1 heterocycles. The van der Waals surface area contributed by atoms with Crippen molar-refractivity contribution in [1.29, 1.82) is 0 Å². The summed E-state index contributed by atoms with van der Waals surface area (Å²) in [5, 5.41) is 0. The van der Waals surface area contributed by atoms with Crippen LogP contribution in [-0.4, -0.2) is 15.6 Å². The van der Waals surface area contributed by atoms with Crippen LogP contribution >= 0.6 is 0 Å². The maximum absolute atomic E-state index is 5.79. The summed E-state index contributed by atoms with van der Waals surface area (Å²) in [5.74, 6) is 0. The molecule has 2 aromatic rings. The SMILES string of the molecule is CC(N)Cc1cn(Cc2ccc(C(C)(C)C)cc2)cn1. The van der Waals surface area contributed by atoms with E-state index in [4.69, 9.17) is 5.73 Å². The third kappa shape index (κ3) is 3.94. The van der Waals surface area contributed by atoms with Crippen LogP contribution in [0, 0.1) is 0 Å². The van der Waals surface area contributed by atoms with E-state index in [0.717, 1.165) is 18.7 Å². The molecule has 3 nitrogen and oxygen atoms in total. The predicted octanol–water partition coefficient (Wildman–Crippen LogP) is 3.12. The van der Waals surface area contributed by atoms with Crippen molar-refractivity contribution in [3.8, 4) is 0 Å². The van der Waals surface area contributed by atoms with Gasteiger partial charge in [-0.2, -0.15) is 0 Å². The first-order valence-corrected chi connectivity index (χ1v) is 7.20. The highest BCUT2D eigenvalue weighted by molar-refractivity contribution is 5.27. The van der Waals surface area contributed by atoms with Gasteiger partial charge in [-0.25, -0.2) is 4.98 Å². The van der Waals surface area contributed by atoms with Gasteiger partial charge >= 0.3 is 0 Å². The van der Waals surface area contributed by atoms with Crippen molar-refractivity contribution in [3.63, 3.8) is 0 Å². The Labute approximate surface area is 121 Å². The summed E-state index contributed by atoms with van der Waals surface area (Å²) in [6.45, 7) is 9.56. The molecule has 3 heteroatoms. The Kier molecular flexibility index (Phi) is 4.29. The van der Waals surface area contributed by atoms with Crippen molar-refractivity contribution in [2.24, 2.45) is 5.73 Å². The van der Waals surface area contributed by atoms with Gasteiger partial charge in [0.05, 0.1) is 12.0 Å². The Hall–Kier alpha value is -1.61. The number of hydrogen-bond donors (Lipinski definition) is 1. The lowest BCUT2D eigenvalue weighted by atomic mass is 9.87. The molecule has 0 bridgehead atoms. The molecule has 0 fully saturated rings. The van der Waals surface area contributed by atoms with Crippen LogP contribution in [-0.2, 0) is 18.4 Å². The lowest BCUT2D eigenvalue weighted by molar-refractivity contribution is 0.589. The Balaban J connectivity index is 2.05. The fourth-order valence-electron chi connectivity index (χ4n) is 2.25. The molecule has 2 rings (SSSR count). The predicted molar refractivity (Wildman–Crippen MR) is 83.8 cm³/mol. The highest BCUT2D eigenvalue weighted by Gasteiger charge is 2.12. The van der Waals surface area contributed by atoms with Crippen LogP contribution in [0.2, 0.25) is 0 Å². The fourth-order valence-corrected chi connectivity index (χ4v) is 2.25. The summed E-state index contributed by atoms with van der Waals surface area (Å²) in [6.07, 6.45) is 4.80. The zero-order chi connectivity index (χ0) is 14.8. The average molecular weight is 271 g/mol. The standard InChI is InChI=1S/C17H25N3/c1-13(18)9-16-11-20(12-19-16)10-14-5-7-15(8-6-14)17(2,3)4/h5-8,11-13H,9-10,18H2,1-4H3. The van der Waals surface area contributed by atoms with E-state index in [1.54, 1.807) is 0 Å². The van der Waals surface area contributed by atoms with Gasteiger partial charge in [-0.3, -0.25) is 0 Å². The van der Waals surface area contributed by atoms with Crippen molar-refractivity contribution >= 4 is 0 Å². The van der Waals surface area contributed by atoms with Crippen molar-refractivity contribution in [2.75, 3.05) is 0 Å². The third-order valence-electron chi connectivity index (χ3n) is 3.40. The lowest BCUT2D eigenvalue weighted by Crippen LogP contribution is -2.17. The molecule has 1 aromatic heterocycles. The molecule has 0 aliphatic rings. The first-order chi connectivity index (χ1) is 9.34. The van der Waals surface area contributed by atoms with E-state index in [1.165, 1.54) is 11.1 Å². The van der Waals surface area contributed by atoms with Crippen molar-refractivity contribution in [1.82, 2.24) is 9.55 Å². The number of hydrogen-bond acceptors (Lipinski definition) is 2. The monoisotopic (exact) mass is 271 g/mol. The van der Waals surface area contributed by atoms with Gasteiger partial charge in [-0.15, -0.1) is 0 Å². The maximum atomic E-state index is 5.79. The van der Waals surface area contributed by atoms with Crippen LogP contribution in [0.4, 0.5) is 0 Å². The minimum Gasteiger partial charge on any atom is -0.333 e. The van der Waals surface area contributed by atoms with Crippen molar-refractivity contribution in [2.45, 2.75) is 52.1 Å². The molecule has 0 aliphatic heterocycles. The molecule has 20 heavy (non-hydrogen) atoms. The number of nitrogens with two attached hydrogens (primary N) is 1. The first-order valence-electron chi connectivity index (χ1n) is 7.20. The molecular weight excluding hydrogens is 246 g/mol. The zero-order valence-electron chi connectivity index (χ0n) is 12.9. The second-order valence-electron chi connectivity index (χ2n) is 6.67. The van der Waals surface area contributed by atoms with Crippen molar-refractivity contribution in [3.05, 3.63) is 53.6 Å². The second-order valence-corrected chi connectivity index (χ2v) is 6.67. The van der Waals surface area contributed by atoms with E-state index >= 15 is 0 Å². The van der Waals surface area contributed by atoms with E-state index in [1.807, 2.05) is 13.3 Å². The summed E-state index contributed by atoms with van der Waals surface area (Å²) < 4.78 is 2.11. The fraction of sp³-hybridized carbons (Fsp3) is 0.471. The van der Waals surface area contributed by atoms with Crippen LogP contribution < -0.4 is 5.73 Å².